The fourth-order valence-corrected chi connectivity index (χ4v) is 8.82. The molecule has 0 saturated carbocycles. The quantitative estimate of drug-likeness (QED) is 0.167. The van der Waals surface area contributed by atoms with Gasteiger partial charge in [0.2, 0.25) is 5.88 Å². The second kappa shape index (κ2) is 12.0. The third-order valence-corrected chi connectivity index (χ3v) is 11.5. The lowest BCUT2D eigenvalue weighted by Gasteiger charge is -2.29. The molecule has 0 spiro atoms. The maximum atomic E-state index is 6.37. The Bertz CT molecular complexity index is 2970. The van der Waals surface area contributed by atoms with Crippen LogP contribution in [-0.2, 0) is 5.41 Å². The van der Waals surface area contributed by atoms with Crippen molar-refractivity contribution in [1.82, 2.24) is 9.97 Å². The lowest BCUT2D eigenvalue weighted by atomic mass is 9.82. The molecule has 0 bridgehead atoms. The zero-order valence-corrected chi connectivity index (χ0v) is 30.5. The van der Waals surface area contributed by atoms with E-state index in [1.165, 1.54) is 39.1 Å². The highest BCUT2D eigenvalue weighted by Gasteiger charge is 2.37. The molecule has 11 rings (SSSR count). The number of fused-ring (bicyclic) bond motifs is 7. The molecule has 260 valence electrons. The van der Waals surface area contributed by atoms with Crippen molar-refractivity contribution < 1.29 is 4.74 Å². The number of anilines is 3. The smallest absolute Gasteiger partial charge is 0.229 e. The molecule has 4 nitrogen and oxygen atoms in total. The number of nitrogens with zero attached hydrogens (tertiary/aromatic N) is 3. The van der Waals surface area contributed by atoms with Crippen LogP contribution in [0.1, 0.15) is 25.0 Å². The molecule has 0 radical (unpaired) electrons. The summed E-state index contributed by atoms with van der Waals surface area (Å²) in [5.41, 5.74) is 16.0. The van der Waals surface area contributed by atoms with Gasteiger partial charge in [-0.2, -0.15) is 0 Å². The molecule has 0 saturated heterocycles. The Morgan fingerprint density at radius 1 is 0.527 bits per heavy atom. The Balaban J connectivity index is 1.03. The van der Waals surface area contributed by atoms with Gasteiger partial charge in [0.1, 0.15) is 5.75 Å². The van der Waals surface area contributed by atoms with Gasteiger partial charge in [0, 0.05) is 44.9 Å². The van der Waals surface area contributed by atoms with E-state index in [2.05, 4.69) is 170 Å². The van der Waals surface area contributed by atoms with E-state index in [1.54, 1.807) is 0 Å². The van der Waals surface area contributed by atoms with Crippen LogP contribution >= 0.6 is 0 Å². The number of para-hydroxylation sites is 1. The van der Waals surface area contributed by atoms with Gasteiger partial charge in [0.05, 0.1) is 22.3 Å². The SMILES string of the molecule is CC1(C)c2ccccc2-c2c(N(c3ccc(-c4ccccc4)cc3)c3ccc(-c4ccc5c(c4)nc4c6c(nccc65)-c5ccccc5O4)cc3)cccc21. The molecular formula is C51H35N3O. The zero-order valence-electron chi connectivity index (χ0n) is 30.5. The summed E-state index contributed by atoms with van der Waals surface area (Å²) in [5, 5.41) is 3.13. The Morgan fingerprint density at radius 2 is 1.16 bits per heavy atom. The number of ether oxygens (including phenoxy) is 1. The lowest BCUT2D eigenvalue weighted by Crippen LogP contribution is -2.16. The fourth-order valence-electron chi connectivity index (χ4n) is 8.82. The average Bonchev–Trinajstić information content (AvgIpc) is 3.48. The van der Waals surface area contributed by atoms with Crippen molar-refractivity contribution in [1.29, 1.82) is 0 Å². The summed E-state index contributed by atoms with van der Waals surface area (Å²) < 4.78 is 6.37. The van der Waals surface area contributed by atoms with Gasteiger partial charge in [-0.3, -0.25) is 4.98 Å². The van der Waals surface area contributed by atoms with Crippen molar-refractivity contribution in [3.8, 4) is 56.3 Å². The summed E-state index contributed by atoms with van der Waals surface area (Å²) in [6, 6.07) is 60.8. The summed E-state index contributed by atoms with van der Waals surface area (Å²) in [4.78, 5) is 12.2. The molecule has 0 unspecified atom stereocenters. The summed E-state index contributed by atoms with van der Waals surface area (Å²) in [5.74, 6) is 1.38. The van der Waals surface area contributed by atoms with Gasteiger partial charge in [-0.15, -0.1) is 0 Å². The minimum atomic E-state index is -0.102. The van der Waals surface area contributed by atoms with Crippen LogP contribution in [0.25, 0.3) is 66.3 Å². The van der Waals surface area contributed by atoms with Gasteiger partial charge in [0.25, 0.3) is 0 Å². The second-order valence-corrected chi connectivity index (χ2v) is 15.0. The Labute approximate surface area is 320 Å². The van der Waals surface area contributed by atoms with Crippen LogP contribution in [0, 0.1) is 0 Å². The van der Waals surface area contributed by atoms with Crippen LogP contribution in [0.5, 0.6) is 11.6 Å². The Kier molecular flexibility index (Phi) is 6.86. The van der Waals surface area contributed by atoms with E-state index in [0.29, 0.717) is 5.88 Å². The summed E-state index contributed by atoms with van der Waals surface area (Å²) >= 11 is 0. The first-order valence-electron chi connectivity index (χ1n) is 18.8. The molecule has 1 aliphatic heterocycles. The lowest BCUT2D eigenvalue weighted by molar-refractivity contribution is 0.469. The van der Waals surface area contributed by atoms with Gasteiger partial charge >= 0.3 is 0 Å². The average molecular weight is 706 g/mol. The van der Waals surface area contributed by atoms with Crippen LogP contribution in [0.15, 0.2) is 176 Å². The summed E-state index contributed by atoms with van der Waals surface area (Å²) in [7, 11) is 0. The van der Waals surface area contributed by atoms with Gasteiger partial charge in [0.15, 0.2) is 0 Å². The standard InChI is InChI=1S/C51H35N3O/c1-51(2)42-15-8-6-13-40(42)47-43(51)16-10-17-45(47)54(36-24-19-33(20-25-36)32-11-4-3-5-12-32)37-26-21-34(22-27-37)35-23-28-38-39-29-30-52-49-41-14-7-9-18-46(41)55-50(48(39)49)53-44(38)31-35/h3-31H,1-2H3. The largest absolute Gasteiger partial charge is 0.438 e. The predicted molar refractivity (Wildman–Crippen MR) is 226 cm³/mol. The highest BCUT2D eigenvalue weighted by atomic mass is 16.5. The molecule has 2 aromatic heterocycles. The minimum absolute atomic E-state index is 0.102. The molecule has 9 aromatic rings. The van der Waals surface area contributed by atoms with Crippen molar-refractivity contribution in [3.05, 3.63) is 187 Å². The number of hydrogen-bond acceptors (Lipinski definition) is 4. The van der Waals surface area contributed by atoms with E-state index in [1.807, 2.05) is 24.4 Å². The first kappa shape index (κ1) is 31.5. The number of pyridine rings is 2. The topological polar surface area (TPSA) is 38.2 Å². The van der Waals surface area contributed by atoms with E-state index >= 15 is 0 Å². The first-order valence-corrected chi connectivity index (χ1v) is 18.8. The first-order chi connectivity index (χ1) is 27.0. The molecule has 4 heteroatoms. The Morgan fingerprint density at radius 3 is 1.95 bits per heavy atom. The molecule has 1 aliphatic carbocycles. The third kappa shape index (κ3) is 4.85. The second-order valence-electron chi connectivity index (χ2n) is 15.0. The highest BCUT2D eigenvalue weighted by molar-refractivity contribution is 6.14. The molecule has 2 aliphatic rings. The predicted octanol–water partition coefficient (Wildman–Crippen LogP) is 13.7. The van der Waals surface area contributed by atoms with Gasteiger partial charge < -0.3 is 9.64 Å². The molecule has 0 fully saturated rings. The van der Waals surface area contributed by atoms with Crippen molar-refractivity contribution in [2.24, 2.45) is 0 Å². The number of hydrogen-bond donors (Lipinski definition) is 0. The van der Waals surface area contributed by atoms with E-state index < -0.39 is 0 Å². The molecule has 7 aromatic carbocycles. The molecule has 0 atom stereocenters. The summed E-state index contributed by atoms with van der Waals surface area (Å²) in [6.45, 7) is 4.68. The van der Waals surface area contributed by atoms with Crippen molar-refractivity contribution in [2.45, 2.75) is 19.3 Å². The maximum Gasteiger partial charge on any atom is 0.229 e. The number of aromatic nitrogens is 2. The minimum Gasteiger partial charge on any atom is -0.438 e. The molecule has 3 heterocycles. The van der Waals surface area contributed by atoms with Crippen molar-refractivity contribution in [2.75, 3.05) is 4.90 Å². The van der Waals surface area contributed by atoms with Crippen LogP contribution in [0.4, 0.5) is 17.1 Å². The Hall–Kier alpha value is -7.04. The molecular weight excluding hydrogens is 671 g/mol. The van der Waals surface area contributed by atoms with Crippen LogP contribution in [0.3, 0.4) is 0 Å². The molecule has 55 heavy (non-hydrogen) atoms. The monoisotopic (exact) mass is 705 g/mol. The fraction of sp³-hybridized carbons (Fsp3) is 0.0588. The van der Waals surface area contributed by atoms with E-state index in [-0.39, 0.29) is 5.41 Å². The summed E-state index contributed by atoms with van der Waals surface area (Å²) in [6.07, 6.45) is 1.89. The van der Waals surface area contributed by atoms with Gasteiger partial charge in [-0.05, 0) is 93.5 Å². The number of benzene rings is 7. The zero-order chi connectivity index (χ0) is 36.7. The van der Waals surface area contributed by atoms with Gasteiger partial charge in [-0.25, -0.2) is 4.98 Å². The molecule has 0 amide bonds. The van der Waals surface area contributed by atoms with Gasteiger partial charge in [-0.1, -0.05) is 129 Å². The van der Waals surface area contributed by atoms with Crippen LogP contribution < -0.4 is 9.64 Å². The van der Waals surface area contributed by atoms with Crippen LogP contribution in [-0.4, -0.2) is 9.97 Å². The van der Waals surface area contributed by atoms with Crippen molar-refractivity contribution >= 4 is 38.7 Å². The van der Waals surface area contributed by atoms with Crippen molar-refractivity contribution in [3.63, 3.8) is 0 Å². The third-order valence-electron chi connectivity index (χ3n) is 11.5. The van der Waals surface area contributed by atoms with E-state index in [0.717, 1.165) is 61.2 Å². The van der Waals surface area contributed by atoms with Crippen LogP contribution in [0.2, 0.25) is 0 Å². The maximum absolute atomic E-state index is 6.37. The normalized spacial score (nSPS) is 13.2. The highest BCUT2D eigenvalue weighted by Crippen LogP contribution is 2.54. The molecule has 0 N–H and O–H groups in total. The van der Waals surface area contributed by atoms with E-state index in [4.69, 9.17) is 14.7 Å². The van der Waals surface area contributed by atoms with E-state index in [9.17, 15) is 0 Å². The number of rotatable bonds is 5.